The third-order valence-electron chi connectivity index (χ3n) is 5.82. The van der Waals surface area contributed by atoms with E-state index in [1.807, 2.05) is 11.1 Å². The normalized spacial score (nSPS) is 22.1. The Morgan fingerprint density at radius 2 is 1.93 bits per heavy atom. The van der Waals surface area contributed by atoms with Gasteiger partial charge in [0, 0.05) is 32.6 Å². The lowest BCUT2D eigenvalue weighted by Gasteiger charge is -2.43. The molecule has 3 heterocycles. The fourth-order valence-electron chi connectivity index (χ4n) is 4.19. The molecule has 0 saturated carbocycles. The second-order valence-corrected chi connectivity index (χ2v) is 7.61. The number of hydrogen-bond acceptors (Lipinski definition) is 4. The fourth-order valence-corrected chi connectivity index (χ4v) is 4.19. The van der Waals surface area contributed by atoms with Crippen molar-refractivity contribution in [2.45, 2.75) is 38.8 Å². The summed E-state index contributed by atoms with van der Waals surface area (Å²) in [6.45, 7) is 7.77. The molecule has 1 N–H and O–H groups in total. The molecule has 2 aliphatic heterocycles. The molecule has 2 aromatic rings. The second-order valence-electron chi connectivity index (χ2n) is 7.61. The van der Waals surface area contributed by atoms with Crippen molar-refractivity contribution in [3.63, 3.8) is 0 Å². The minimum atomic E-state index is 0.145. The van der Waals surface area contributed by atoms with E-state index in [9.17, 15) is 4.79 Å². The second kappa shape index (κ2) is 7.82. The molecule has 6 heteroatoms. The van der Waals surface area contributed by atoms with Gasteiger partial charge in [0.05, 0.1) is 31.1 Å². The summed E-state index contributed by atoms with van der Waals surface area (Å²) in [5.74, 6) is 1.15. The highest BCUT2D eigenvalue weighted by molar-refractivity contribution is 5.73. The van der Waals surface area contributed by atoms with Crippen molar-refractivity contribution < 1.29 is 9.53 Å². The van der Waals surface area contributed by atoms with E-state index in [0.29, 0.717) is 12.6 Å². The number of likely N-dealkylation sites (tertiary alicyclic amines) is 1. The van der Waals surface area contributed by atoms with Crippen molar-refractivity contribution >= 4 is 5.91 Å². The van der Waals surface area contributed by atoms with Crippen LogP contribution in [0, 0.1) is 6.92 Å². The SMILES string of the molecule is CC(=O)N1CCC(N2CCOC[C@H]2c2ncc(-c3ccc(C)cc3)[nH]2)CC1. The quantitative estimate of drug-likeness (QED) is 0.905. The summed E-state index contributed by atoms with van der Waals surface area (Å²) in [7, 11) is 0. The molecule has 0 unspecified atom stereocenters. The van der Waals surface area contributed by atoms with E-state index in [-0.39, 0.29) is 11.9 Å². The van der Waals surface area contributed by atoms with Gasteiger partial charge in [-0.25, -0.2) is 4.98 Å². The van der Waals surface area contributed by atoms with Crippen LogP contribution in [0.2, 0.25) is 0 Å². The Morgan fingerprint density at radius 1 is 1.19 bits per heavy atom. The van der Waals surface area contributed by atoms with Crippen molar-refractivity contribution in [2.24, 2.45) is 0 Å². The Balaban J connectivity index is 1.50. The standard InChI is InChI=1S/C21H28N4O2/c1-15-3-5-17(6-4-15)19-13-22-21(23-19)20-14-27-12-11-25(20)18-7-9-24(10-8-18)16(2)26/h3-6,13,18,20H,7-12,14H2,1-2H3,(H,22,23)/t20-/m0/s1. The molecule has 1 amide bonds. The molecular formula is C21H28N4O2. The number of rotatable bonds is 3. The first-order valence-electron chi connectivity index (χ1n) is 9.83. The minimum Gasteiger partial charge on any atom is -0.378 e. The number of morpholine rings is 1. The molecule has 4 rings (SSSR count). The zero-order chi connectivity index (χ0) is 18.8. The lowest BCUT2D eigenvalue weighted by atomic mass is 10.00. The summed E-state index contributed by atoms with van der Waals surface area (Å²) in [4.78, 5) is 24.3. The lowest BCUT2D eigenvalue weighted by Crippen LogP contribution is -2.51. The van der Waals surface area contributed by atoms with Crippen LogP contribution in [0.4, 0.5) is 0 Å². The van der Waals surface area contributed by atoms with Gasteiger partial charge < -0.3 is 14.6 Å². The van der Waals surface area contributed by atoms with E-state index in [0.717, 1.165) is 56.2 Å². The number of carbonyl (C=O) groups excluding carboxylic acids is 1. The summed E-state index contributed by atoms with van der Waals surface area (Å²) < 4.78 is 5.78. The average Bonchev–Trinajstić information content (AvgIpc) is 3.19. The van der Waals surface area contributed by atoms with Crippen LogP contribution in [-0.2, 0) is 9.53 Å². The topological polar surface area (TPSA) is 61.5 Å². The van der Waals surface area contributed by atoms with Crippen LogP contribution in [0.25, 0.3) is 11.3 Å². The highest BCUT2D eigenvalue weighted by Crippen LogP contribution is 2.30. The van der Waals surface area contributed by atoms with Gasteiger partial charge in [-0.2, -0.15) is 0 Å². The molecule has 1 atom stereocenters. The van der Waals surface area contributed by atoms with Crippen LogP contribution >= 0.6 is 0 Å². The largest absolute Gasteiger partial charge is 0.378 e. The number of aryl methyl sites for hydroxylation is 1. The molecule has 1 aromatic carbocycles. The number of aromatic amines is 1. The van der Waals surface area contributed by atoms with Gasteiger partial charge in [-0.15, -0.1) is 0 Å². The van der Waals surface area contributed by atoms with E-state index >= 15 is 0 Å². The number of benzene rings is 1. The fraction of sp³-hybridized carbons (Fsp3) is 0.524. The Bertz CT molecular complexity index is 778. The molecule has 27 heavy (non-hydrogen) atoms. The van der Waals surface area contributed by atoms with Crippen LogP contribution in [0.3, 0.4) is 0 Å². The van der Waals surface area contributed by atoms with Crippen LogP contribution < -0.4 is 0 Å². The van der Waals surface area contributed by atoms with Gasteiger partial charge in [-0.3, -0.25) is 9.69 Å². The van der Waals surface area contributed by atoms with Crippen molar-refractivity contribution in [3.8, 4) is 11.3 Å². The van der Waals surface area contributed by atoms with E-state index < -0.39 is 0 Å². The van der Waals surface area contributed by atoms with Crippen LogP contribution in [-0.4, -0.2) is 64.6 Å². The van der Waals surface area contributed by atoms with Crippen LogP contribution in [0.5, 0.6) is 0 Å². The lowest BCUT2D eigenvalue weighted by molar-refractivity contribution is -0.131. The third-order valence-corrected chi connectivity index (χ3v) is 5.82. The van der Waals surface area contributed by atoms with Gasteiger partial charge >= 0.3 is 0 Å². The molecule has 6 nitrogen and oxygen atoms in total. The first kappa shape index (κ1) is 18.2. The Morgan fingerprint density at radius 3 is 2.63 bits per heavy atom. The minimum absolute atomic E-state index is 0.145. The average molecular weight is 368 g/mol. The monoisotopic (exact) mass is 368 g/mol. The number of carbonyl (C=O) groups is 1. The maximum Gasteiger partial charge on any atom is 0.219 e. The molecule has 2 fully saturated rings. The molecule has 0 bridgehead atoms. The molecule has 0 spiro atoms. The third kappa shape index (κ3) is 3.92. The van der Waals surface area contributed by atoms with Gasteiger partial charge in [0.2, 0.25) is 5.91 Å². The number of aromatic nitrogens is 2. The highest BCUT2D eigenvalue weighted by atomic mass is 16.5. The Kier molecular flexibility index (Phi) is 5.27. The zero-order valence-electron chi connectivity index (χ0n) is 16.1. The van der Waals surface area contributed by atoms with E-state index in [4.69, 9.17) is 4.74 Å². The van der Waals surface area contributed by atoms with Crippen LogP contribution in [0.1, 0.15) is 37.2 Å². The molecule has 1 aromatic heterocycles. The van der Waals surface area contributed by atoms with Crippen molar-refractivity contribution in [3.05, 3.63) is 41.9 Å². The number of amides is 1. The number of H-pyrrole nitrogens is 1. The van der Waals surface area contributed by atoms with E-state index in [2.05, 4.69) is 46.1 Å². The summed E-state index contributed by atoms with van der Waals surface area (Å²) in [5, 5.41) is 0. The maximum atomic E-state index is 11.6. The number of imidazole rings is 1. The van der Waals surface area contributed by atoms with Gasteiger partial charge in [0.25, 0.3) is 0 Å². The maximum absolute atomic E-state index is 11.6. The zero-order valence-corrected chi connectivity index (χ0v) is 16.1. The first-order chi connectivity index (χ1) is 13.1. The Hall–Kier alpha value is -2.18. The molecule has 2 aliphatic rings. The number of nitrogens with zero attached hydrogens (tertiary/aromatic N) is 3. The van der Waals surface area contributed by atoms with Gasteiger partial charge in [0.15, 0.2) is 0 Å². The van der Waals surface area contributed by atoms with Gasteiger partial charge in [-0.1, -0.05) is 29.8 Å². The molecular weight excluding hydrogens is 340 g/mol. The summed E-state index contributed by atoms with van der Waals surface area (Å²) in [5.41, 5.74) is 3.45. The predicted molar refractivity (Wildman–Crippen MR) is 104 cm³/mol. The number of ether oxygens (including phenoxy) is 1. The summed E-state index contributed by atoms with van der Waals surface area (Å²) >= 11 is 0. The molecule has 2 saturated heterocycles. The Labute approximate surface area is 160 Å². The smallest absolute Gasteiger partial charge is 0.219 e. The highest BCUT2D eigenvalue weighted by Gasteiger charge is 2.34. The number of hydrogen-bond donors (Lipinski definition) is 1. The van der Waals surface area contributed by atoms with Crippen molar-refractivity contribution in [2.75, 3.05) is 32.8 Å². The predicted octanol–water partition coefficient (Wildman–Crippen LogP) is 2.77. The van der Waals surface area contributed by atoms with Gasteiger partial charge in [0.1, 0.15) is 5.82 Å². The molecule has 144 valence electrons. The summed E-state index contributed by atoms with van der Waals surface area (Å²) in [6, 6.07) is 9.11. The van der Waals surface area contributed by atoms with Gasteiger partial charge in [-0.05, 0) is 25.3 Å². The molecule has 0 radical (unpaired) electrons. The first-order valence-corrected chi connectivity index (χ1v) is 9.83. The van der Waals surface area contributed by atoms with Crippen molar-refractivity contribution in [1.82, 2.24) is 19.8 Å². The summed E-state index contributed by atoms with van der Waals surface area (Å²) in [6.07, 6.45) is 3.95. The van der Waals surface area contributed by atoms with Crippen molar-refractivity contribution in [1.29, 1.82) is 0 Å². The van der Waals surface area contributed by atoms with Crippen LogP contribution in [0.15, 0.2) is 30.5 Å². The molecule has 0 aliphatic carbocycles. The number of piperidine rings is 1. The van der Waals surface area contributed by atoms with E-state index in [1.54, 1.807) is 6.92 Å². The number of nitrogens with one attached hydrogen (secondary N) is 1. The van der Waals surface area contributed by atoms with E-state index in [1.165, 1.54) is 5.56 Å².